The van der Waals surface area contributed by atoms with Crippen molar-refractivity contribution in [3.8, 4) is 0 Å². The molecule has 0 saturated carbocycles. The number of halogens is 1. The molecule has 0 aliphatic rings. The van der Waals surface area contributed by atoms with E-state index in [0.29, 0.717) is 10.8 Å². The van der Waals surface area contributed by atoms with Crippen molar-refractivity contribution in [1.82, 2.24) is 5.43 Å². The van der Waals surface area contributed by atoms with Gasteiger partial charge in [0, 0.05) is 24.5 Å². The summed E-state index contributed by atoms with van der Waals surface area (Å²) in [5.74, 6) is -0.286. The zero-order chi connectivity index (χ0) is 17.4. The van der Waals surface area contributed by atoms with Gasteiger partial charge in [0.05, 0.1) is 6.21 Å². The van der Waals surface area contributed by atoms with Crippen molar-refractivity contribution < 1.29 is 4.39 Å². The van der Waals surface area contributed by atoms with Crippen LogP contribution in [-0.2, 0) is 0 Å². The van der Waals surface area contributed by atoms with Crippen LogP contribution in [0, 0.1) is 5.82 Å². The maximum atomic E-state index is 12.8. The lowest BCUT2D eigenvalue weighted by Crippen LogP contribution is -2.23. The Hall–Kier alpha value is -2.47. The van der Waals surface area contributed by atoms with Crippen LogP contribution in [0.15, 0.2) is 53.6 Å². The standard InChI is InChI=1S/C18H21FN4S/c1-3-23(4-2)17-11-5-14(6-12-17)13-20-22-18(24)21-16-9-7-15(19)8-10-16/h5-13H,3-4H2,1-2H3,(H2,21,22,24)/b20-13-. The third-order valence-corrected chi connectivity index (χ3v) is 3.70. The largest absolute Gasteiger partial charge is 0.372 e. The van der Waals surface area contributed by atoms with Crippen molar-refractivity contribution in [3.63, 3.8) is 0 Å². The highest BCUT2D eigenvalue weighted by Crippen LogP contribution is 2.14. The van der Waals surface area contributed by atoms with Gasteiger partial charge < -0.3 is 10.2 Å². The molecule has 0 spiro atoms. The third-order valence-electron chi connectivity index (χ3n) is 3.50. The highest BCUT2D eigenvalue weighted by Gasteiger charge is 2.00. The summed E-state index contributed by atoms with van der Waals surface area (Å²) < 4.78 is 12.8. The smallest absolute Gasteiger partial charge is 0.191 e. The summed E-state index contributed by atoms with van der Waals surface area (Å²) in [5.41, 5.74) is 5.61. The number of thiocarbonyl (C=S) groups is 1. The van der Waals surface area contributed by atoms with Gasteiger partial charge in [-0.15, -0.1) is 0 Å². The summed E-state index contributed by atoms with van der Waals surface area (Å²) in [7, 11) is 0. The van der Waals surface area contributed by atoms with Gasteiger partial charge in [0.25, 0.3) is 0 Å². The van der Waals surface area contributed by atoms with Crippen molar-refractivity contribution in [3.05, 3.63) is 59.9 Å². The zero-order valence-corrected chi connectivity index (χ0v) is 14.6. The first-order chi connectivity index (χ1) is 11.6. The fraction of sp³-hybridized carbons (Fsp3) is 0.222. The van der Waals surface area contributed by atoms with E-state index in [1.165, 1.54) is 17.8 Å². The van der Waals surface area contributed by atoms with Crippen molar-refractivity contribution in [1.29, 1.82) is 0 Å². The molecular formula is C18H21FN4S. The molecule has 2 aromatic rings. The average molecular weight is 344 g/mol. The average Bonchev–Trinajstić information content (AvgIpc) is 2.59. The molecule has 0 unspecified atom stereocenters. The van der Waals surface area contributed by atoms with Gasteiger partial charge in [0.15, 0.2) is 5.11 Å². The Morgan fingerprint density at radius 3 is 2.29 bits per heavy atom. The summed E-state index contributed by atoms with van der Waals surface area (Å²) in [6, 6.07) is 14.1. The van der Waals surface area contributed by atoms with Crippen LogP contribution in [0.2, 0.25) is 0 Å². The number of nitrogens with zero attached hydrogens (tertiary/aromatic N) is 2. The predicted octanol–water partition coefficient (Wildman–Crippen LogP) is 3.99. The number of hydrazone groups is 1. The van der Waals surface area contributed by atoms with Crippen LogP contribution in [0.1, 0.15) is 19.4 Å². The molecule has 126 valence electrons. The van der Waals surface area contributed by atoms with Crippen LogP contribution in [0.5, 0.6) is 0 Å². The molecule has 0 aliphatic heterocycles. The second-order valence-electron chi connectivity index (χ2n) is 5.09. The van der Waals surface area contributed by atoms with E-state index in [4.69, 9.17) is 12.2 Å². The lowest BCUT2D eigenvalue weighted by molar-refractivity contribution is 0.628. The minimum Gasteiger partial charge on any atom is -0.372 e. The molecule has 2 aromatic carbocycles. The number of rotatable bonds is 6. The predicted molar refractivity (Wildman–Crippen MR) is 103 cm³/mol. The number of hydrogen-bond acceptors (Lipinski definition) is 3. The lowest BCUT2D eigenvalue weighted by Gasteiger charge is -2.20. The molecule has 0 fully saturated rings. The molecule has 6 heteroatoms. The Labute approximate surface area is 147 Å². The fourth-order valence-corrected chi connectivity index (χ4v) is 2.39. The van der Waals surface area contributed by atoms with Crippen molar-refractivity contribution in [2.75, 3.05) is 23.3 Å². The summed E-state index contributed by atoms with van der Waals surface area (Å²) in [4.78, 5) is 2.28. The molecular weight excluding hydrogens is 323 g/mol. The van der Waals surface area contributed by atoms with Crippen LogP contribution in [0.3, 0.4) is 0 Å². The number of benzene rings is 2. The van der Waals surface area contributed by atoms with E-state index in [0.717, 1.165) is 18.7 Å². The molecule has 0 aliphatic carbocycles. The summed E-state index contributed by atoms with van der Waals surface area (Å²) in [5, 5.41) is 7.38. The molecule has 2 N–H and O–H groups in total. The van der Waals surface area contributed by atoms with E-state index in [1.807, 2.05) is 12.1 Å². The van der Waals surface area contributed by atoms with E-state index in [2.05, 4.69) is 46.7 Å². The molecule has 0 aromatic heterocycles. The Morgan fingerprint density at radius 2 is 1.71 bits per heavy atom. The second-order valence-corrected chi connectivity index (χ2v) is 5.50. The topological polar surface area (TPSA) is 39.7 Å². The van der Waals surface area contributed by atoms with E-state index in [1.54, 1.807) is 18.3 Å². The van der Waals surface area contributed by atoms with Gasteiger partial charge in [0.2, 0.25) is 0 Å². The van der Waals surface area contributed by atoms with Crippen LogP contribution < -0.4 is 15.6 Å². The van der Waals surface area contributed by atoms with Crippen molar-refractivity contribution >= 4 is 34.9 Å². The van der Waals surface area contributed by atoms with Crippen LogP contribution in [0.25, 0.3) is 0 Å². The highest BCUT2D eigenvalue weighted by molar-refractivity contribution is 7.80. The fourth-order valence-electron chi connectivity index (χ4n) is 2.22. The Bertz CT molecular complexity index is 679. The quantitative estimate of drug-likeness (QED) is 0.472. The Morgan fingerprint density at radius 1 is 1.08 bits per heavy atom. The van der Waals surface area contributed by atoms with Crippen LogP contribution in [0.4, 0.5) is 15.8 Å². The maximum Gasteiger partial charge on any atom is 0.191 e. The van der Waals surface area contributed by atoms with Gasteiger partial charge in [-0.2, -0.15) is 5.10 Å². The lowest BCUT2D eigenvalue weighted by atomic mass is 10.2. The highest BCUT2D eigenvalue weighted by atomic mass is 32.1. The van der Waals surface area contributed by atoms with Gasteiger partial charge in [-0.3, -0.25) is 5.43 Å². The summed E-state index contributed by atoms with van der Waals surface area (Å²) >= 11 is 5.13. The molecule has 0 bridgehead atoms. The number of hydrogen-bond donors (Lipinski definition) is 2. The number of nitrogens with one attached hydrogen (secondary N) is 2. The SMILES string of the molecule is CCN(CC)c1ccc(/C=N\NC(=S)Nc2ccc(F)cc2)cc1. The first-order valence-electron chi connectivity index (χ1n) is 7.83. The van der Waals surface area contributed by atoms with Crippen molar-refractivity contribution in [2.45, 2.75) is 13.8 Å². The first kappa shape index (κ1) is 17.9. The number of anilines is 2. The molecule has 24 heavy (non-hydrogen) atoms. The van der Waals surface area contributed by atoms with E-state index >= 15 is 0 Å². The van der Waals surface area contributed by atoms with E-state index < -0.39 is 0 Å². The molecule has 0 atom stereocenters. The normalized spacial score (nSPS) is 10.6. The Kier molecular flexibility index (Phi) is 6.69. The Balaban J connectivity index is 1.86. The first-order valence-corrected chi connectivity index (χ1v) is 8.23. The van der Waals surface area contributed by atoms with Gasteiger partial charge >= 0.3 is 0 Å². The zero-order valence-electron chi connectivity index (χ0n) is 13.8. The summed E-state index contributed by atoms with van der Waals surface area (Å²) in [6.07, 6.45) is 1.70. The van der Waals surface area contributed by atoms with E-state index in [-0.39, 0.29) is 5.82 Å². The van der Waals surface area contributed by atoms with Crippen LogP contribution in [-0.4, -0.2) is 24.4 Å². The molecule has 2 rings (SSSR count). The van der Waals surface area contributed by atoms with Crippen LogP contribution >= 0.6 is 12.2 Å². The second kappa shape index (κ2) is 8.98. The van der Waals surface area contributed by atoms with Gasteiger partial charge in [-0.05, 0) is 68.0 Å². The minimum absolute atomic E-state index is 0.286. The van der Waals surface area contributed by atoms with Gasteiger partial charge in [-0.1, -0.05) is 12.1 Å². The molecule has 0 heterocycles. The molecule has 0 amide bonds. The third kappa shape index (κ3) is 5.31. The maximum absolute atomic E-state index is 12.8. The molecule has 0 saturated heterocycles. The van der Waals surface area contributed by atoms with Gasteiger partial charge in [0.1, 0.15) is 5.82 Å². The molecule has 4 nitrogen and oxygen atoms in total. The monoisotopic (exact) mass is 344 g/mol. The van der Waals surface area contributed by atoms with E-state index in [9.17, 15) is 4.39 Å². The van der Waals surface area contributed by atoms with Gasteiger partial charge in [-0.25, -0.2) is 4.39 Å². The minimum atomic E-state index is -0.286. The van der Waals surface area contributed by atoms with Crippen molar-refractivity contribution in [2.24, 2.45) is 5.10 Å². The molecule has 0 radical (unpaired) electrons. The summed E-state index contributed by atoms with van der Waals surface area (Å²) in [6.45, 7) is 6.24.